The van der Waals surface area contributed by atoms with Crippen LogP contribution in [0.1, 0.15) is 21.7 Å². The molecule has 3 rings (SSSR count). The van der Waals surface area contributed by atoms with Crippen LogP contribution in [0.15, 0.2) is 53.6 Å². The van der Waals surface area contributed by atoms with E-state index in [1.54, 1.807) is 17.6 Å². The first kappa shape index (κ1) is 17.5. The number of hydrazone groups is 1. The fourth-order valence-corrected chi connectivity index (χ4v) is 2.97. The van der Waals surface area contributed by atoms with Crippen molar-refractivity contribution in [3.8, 4) is 5.75 Å². The zero-order valence-corrected chi connectivity index (χ0v) is 15.6. The van der Waals surface area contributed by atoms with Gasteiger partial charge in [-0.2, -0.15) is 5.10 Å². The van der Waals surface area contributed by atoms with Gasteiger partial charge in [0.05, 0.1) is 11.9 Å². The van der Waals surface area contributed by atoms with E-state index in [-0.39, 0.29) is 0 Å². The minimum atomic E-state index is 0.509. The van der Waals surface area contributed by atoms with Crippen molar-refractivity contribution in [2.75, 3.05) is 5.43 Å². The van der Waals surface area contributed by atoms with Crippen molar-refractivity contribution in [3.05, 3.63) is 75.3 Å². The molecule has 1 N–H and O–H groups in total. The van der Waals surface area contributed by atoms with Crippen LogP contribution in [0, 0.1) is 13.8 Å². The first-order valence-corrected chi connectivity index (χ1v) is 9.00. The number of thiazole rings is 1. The second-order valence-corrected chi connectivity index (χ2v) is 7.15. The Bertz CT molecular complexity index is 838. The number of ether oxygens (including phenoxy) is 1. The second-order valence-electron chi connectivity index (χ2n) is 5.51. The van der Waals surface area contributed by atoms with E-state index >= 15 is 0 Å². The lowest BCUT2D eigenvalue weighted by molar-refractivity contribution is 0.306. The predicted molar refractivity (Wildman–Crippen MR) is 105 cm³/mol. The topological polar surface area (TPSA) is 46.5 Å². The lowest BCUT2D eigenvalue weighted by atomic mass is 10.2. The van der Waals surface area contributed by atoms with Crippen LogP contribution in [0.5, 0.6) is 5.75 Å². The average molecular weight is 372 g/mol. The van der Waals surface area contributed by atoms with E-state index < -0.39 is 0 Å². The molecule has 6 heteroatoms. The van der Waals surface area contributed by atoms with Crippen LogP contribution in [0.4, 0.5) is 5.13 Å². The van der Waals surface area contributed by atoms with Gasteiger partial charge >= 0.3 is 0 Å². The maximum atomic E-state index is 5.87. The van der Waals surface area contributed by atoms with Gasteiger partial charge in [0.15, 0.2) is 0 Å². The third-order valence-electron chi connectivity index (χ3n) is 3.60. The van der Waals surface area contributed by atoms with Crippen molar-refractivity contribution in [3.63, 3.8) is 0 Å². The number of halogens is 1. The Morgan fingerprint density at radius 2 is 1.84 bits per heavy atom. The Balaban J connectivity index is 1.52. The van der Waals surface area contributed by atoms with Crippen LogP contribution >= 0.6 is 22.9 Å². The molecule has 0 bridgehead atoms. The number of rotatable bonds is 6. The third kappa shape index (κ3) is 5.05. The van der Waals surface area contributed by atoms with Gasteiger partial charge in [-0.3, -0.25) is 5.43 Å². The van der Waals surface area contributed by atoms with E-state index in [4.69, 9.17) is 16.3 Å². The van der Waals surface area contributed by atoms with E-state index in [1.165, 1.54) is 4.88 Å². The minimum absolute atomic E-state index is 0.509. The number of benzene rings is 2. The predicted octanol–water partition coefficient (Wildman–Crippen LogP) is 5.44. The third-order valence-corrected chi connectivity index (χ3v) is 4.83. The Kier molecular flexibility index (Phi) is 5.68. The van der Waals surface area contributed by atoms with Gasteiger partial charge in [-0.05, 0) is 61.4 Å². The zero-order chi connectivity index (χ0) is 17.6. The Morgan fingerprint density at radius 1 is 1.12 bits per heavy atom. The van der Waals surface area contributed by atoms with E-state index in [1.807, 2.05) is 62.4 Å². The van der Waals surface area contributed by atoms with Gasteiger partial charge in [-0.25, -0.2) is 4.98 Å². The van der Waals surface area contributed by atoms with Crippen molar-refractivity contribution in [2.24, 2.45) is 5.10 Å². The van der Waals surface area contributed by atoms with Crippen molar-refractivity contribution in [1.29, 1.82) is 0 Å². The lowest BCUT2D eigenvalue weighted by Gasteiger charge is -2.06. The largest absolute Gasteiger partial charge is 0.489 e. The van der Waals surface area contributed by atoms with Crippen LogP contribution in [-0.4, -0.2) is 11.2 Å². The summed E-state index contributed by atoms with van der Waals surface area (Å²) in [5.74, 6) is 0.811. The molecule has 3 aromatic rings. The summed E-state index contributed by atoms with van der Waals surface area (Å²) >= 11 is 7.47. The Labute approximate surface area is 156 Å². The van der Waals surface area contributed by atoms with Gasteiger partial charge in [-0.1, -0.05) is 23.7 Å². The summed E-state index contributed by atoms with van der Waals surface area (Å²) < 4.78 is 5.77. The van der Waals surface area contributed by atoms with Crippen LogP contribution in [0.25, 0.3) is 0 Å². The molecule has 0 saturated heterocycles. The molecule has 4 nitrogen and oxygen atoms in total. The van der Waals surface area contributed by atoms with Crippen molar-refractivity contribution >= 4 is 34.3 Å². The van der Waals surface area contributed by atoms with Gasteiger partial charge in [0.2, 0.25) is 5.13 Å². The molecule has 0 aliphatic rings. The molecule has 0 saturated carbocycles. The summed E-state index contributed by atoms with van der Waals surface area (Å²) in [6.45, 7) is 4.54. The van der Waals surface area contributed by atoms with Crippen molar-refractivity contribution in [2.45, 2.75) is 20.5 Å². The van der Waals surface area contributed by atoms with Crippen molar-refractivity contribution in [1.82, 2.24) is 4.98 Å². The van der Waals surface area contributed by atoms with E-state index in [0.29, 0.717) is 6.61 Å². The Hall–Kier alpha value is -2.37. The molecule has 0 aliphatic heterocycles. The van der Waals surface area contributed by atoms with Gasteiger partial charge < -0.3 is 4.74 Å². The fraction of sp³-hybridized carbons (Fsp3) is 0.158. The molecule has 128 valence electrons. The molecule has 1 heterocycles. The summed E-state index contributed by atoms with van der Waals surface area (Å²) in [4.78, 5) is 5.57. The number of aromatic nitrogens is 1. The molecule has 2 aromatic carbocycles. The molecule has 0 radical (unpaired) electrons. The smallest absolute Gasteiger partial charge is 0.203 e. The highest BCUT2D eigenvalue weighted by atomic mass is 35.5. The van der Waals surface area contributed by atoms with Crippen LogP contribution in [0.2, 0.25) is 5.02 Å². The summed E-state index contributed by atoms with van der Waals surface area (Å²) in [6, 6.07) is 15.4. The van der Waals surface area contributed by atoms with Gasteiger partial charge in [0.1, 0.15) is 12.4 Å². The van der Waals surface area contributed by atoms with E-state index in [0.717, 1.165) is 32.7 Å². The molecular formula is C19H18ClN3OS. The van der Waals surface area contributed by atoms with E-state index in [2.05, 4.69) is 15.5 Å². The normalized spacial score (nSPS) is 11.0. The molecule has 0 unspecified atom stereocenters. The monoisotopic (exact) mass is 371 g/mol. The average Bonchev–Trinajstić information content (AvgIpc) is 2.93. The van der Waals surface area contributed by atoms with Gasteiger partial charge in [0.25, 0.3) is 0 Å². The van der Waals surface area contributed by atoms with Crippen LogP contribution in [-0.2, 0) is 6.61 Å². The zero-order valence-electron chi connectivity index (χ0n) is 14.0. The van der Waals surface area contributed by atoms with Gasteiger partial charge in [0, 0.05) is 9.90 Å². The summed E-state index contributed by atoms with van der Waals surface area (Å²) in [5, 5.41) is 5.74. The number of nitrogens with zero attached hydrogens (tertiary/aromatic N) is 2. The number of anilines is 1. The second kappa shape index (κ2) is 8.14. The molecule has 0 spiro atoms. The highest BCUT2D eigenvalue weighted by molar-refractivity contribution is 7.15. The molecule has 25 heavy (non-hydrogen) atoms. The molecular weight excluding hydrogens is 354 g/mol. The molecule has 0 amide bonds. The van der Waals surface area contributed by atoms with Crippen molar-refractivity contribution < 1.29 is 4.74 Å². The maximum Gasteiger partial charge on any atom is 0.203 e. The Morgan fingerprint density at radius 3 is 2.48 bits per heavy atom. The summed E-state index contributed by atoms with van der Waals surface area (Å²) in [6.07, 6.45) is 1.76. The SMILES string of the molecule is Cc1nc(N/N=C\c2ccc(OCc3ccc(Cl)cc3)cc2)sc1C. The highest BCUT2D eigenvalue weighted by Crippen LogP contribution is 2.21. The lowest BCUT2D eigenvalue weighted by Crippen LogP contribution is -1.95. The van der Waals surface area contributed by atoms with Gasteiger partial charge in [-0.15, -0.1) is 11.3 Å². The van der Waals surface area contributed by atoms with Crippen LogP contribution in [0.3, 0.4) is 0 Å². The highest BCUT2D eigenvalue weighted by Gasteiger charge is 2.01. The standard InChI is InChI=1S/C19H18ClN3OS/c1-13-14(2)25-19(22-13)23-21-11-15-5-9-18(10-6-15)24-12-16-3-7-17(20)8-4-16/h3-11H,12H2,1-2H3,(H,22,23)/b21-11-. The summed E-state index contributed by atoms with van der Waals surface area (Å²) in [5.41, 5.74) is 6.05. The number of aryl methyl sites for hydroxylation is 2. The first-order chi connectivity index (χ1) is 12.1. The number of nitrogens with one attached hydrogen (secondary N) is 1. The number of hydrogen-bond donors (Lipinski definition) is 1. The number of hydrogen-bond acceptors (Lipinski definition) is 5. The fourth-order valence-electron chi connectivity index (χ4n) is 2.08. The molecule has 0 aliphatic carbocycles. The molecule has 0 atom stereocenters. The summed E-state index contributed by atoms with van der Waals surface area (Å²) in [7, 11) is 0. The minimum Gasteiger partial charge on any atom is -0.489 e. The quantitative estimate of drug-likeness (QED) is 0.463. The maximum absolute atomic E-state index is 5.87. The van der Waals surface area contributed by atoms with Crippen LogP contribution < -0.4 is 10.2 Å². The molecule has 0 fully saturated rings. The van der Waals surface area contributed by atoms with E-state index in [9.17, 15) is 0 Å². The first-order valence-electron chi connectivity index (χ1n) is 7.80. The molecule has 1 aromatic heterocycles.